The van der Waals surface area contributed by atoms with Crippen LogP contribution in [0.1, 0.15) is 37.0 Å². The summed E-state index contributed by atoms with van der Waals surface area (Å²) >= 11 is 0. The summed E-state index contributed by atoms with van der Waals surface area (Å²) in [6.07, 6.45) is 1.27. The summed E-state index contributed by atoms with van der Waals surface area (Å²) in [7, 11) is 0. The van der Waals surface area contributed by atoms with Crippen LogP contribution in [-0.4, -0.2) is 43.4 Å². The fourth-order valence-electron chi connectivity index (χ4n) is 2.61. The molecule has 1 heterocycles. The van der Waals surface area contributed by atoms with Gasteiger partial charge in [0.2, 0.25) is 0 Å². The zero-order valence-corrected chi connectivity index (χ0v) is 12.4. The number of carbonyl (C=O) groups is 1. The van der Waals surface area contributed by atoms with E-state index in [0.29, 0.717) is 17.7 Å². The molecular formula is C16H23FN2O. The van der Waals surface area contributed by atoms with Crippen LogP contribution < -0.4 is 4.90 Å². The second-order valence-electron chi connectivity index (χ2n) is 5.26. The third-order valence-corrected chi connectivity index (χ3v) is 3.91. The standard InChI is InChI=1S/C16H23FN2O/c1-3-5-16(20)13-6-7-15(14(17)12-13)19-10-8-18(4-2)9-11-19/h6-7,12H,3-5,8-11H2,1-2H3. The quantitative estimate of drug-likeness (QED) is 0.774. The Balaban J connectivity index is 2.08. The van der Waals surface area contributed by atoms with Gasteiger partial charge in [-0.2, -0.15) is 0 Å². The van der Waals surface area contributed by atoms with Crippen LogP contribution in [0.2, 0.25) is 0 Å². The van der Waals surface area contributed by atoms with E-state index in [0.717, 1.165) is 39.1 Å². The molecular weight excluding hydrogens is 255 g/mol. The van der Waals surface area contributed by atoms with Gasteiger partial charge < -0.3 is 9.80 Å². The molecule has 0 aromatic heterocycles. The SMILES string of the molecule is CCCC(=O)c1ccc(N2CCN(CC)CC2)c(F)c1. The molecule has 20 heavy (non-hydrogen) atoms. The van der Waals surface area contributed by atoms with E-state index in [1.807, 2.05) is 6.92 Å². The lowest BCUT2D eigenvalue weighted by Gasteiger charge is -2.35. The fraction of sp³-hybridized carbons (Fsp3) is 0.562. The molecule has 0 saturated carbocycles. The van der Waals surface area contributed by atoms with Gasteiger partial charge in [0.05, 0.1) is 5.69 Å². The molecule has 0 N–H and O–H groups in total. The molecule has 1 aromatic carbocycles. The Bertz CT molecular complexity index is 468. The molecule has 0 amide bonds. The van der Waals surface area contributed by atoms with Crippen molar-refractivity contribution >= 4 is 11.5 Å². The highest BCUT2D eigenvalue weighted by atomic mass is 19.1. The summed E-state index contributed by atoms with van der Waals surface area (Å²) in [6.45, 7) is 8.75. The van der Waals surface area contributed by atoms with E-state index in [9.17, 15) is 9.18 Å². The summed E-state index contributed by atoms with van der Waals surface area (Å²) in [5.41, 5.74) is 1.11. The molecule has 1 saturated heterocycles. The van der Waals surface area contributed by atoms with Crippen molar-refractivity contribution in [1.82, 2.24) is 4.90 Å². The Labute approximate surface area is 120 Å². The van der Waals surface area contributed by atoms with Crippen molar-refractivity contribution in [2.45, 2.75) is 26.7 Å². The minimum Gasteiger partial charge on any atom is -0.367 e. The topological polar surface area (TPSA) is 23.6 Å². The largest absolute Gasteiger partial charge is 0.367 e. The smallest absolute Gasteiger partial charge is 0.162 e. The minimum atomic E-state index is -0.281. The highest BCUT2D eigenvalue weighted by Gasteiger charge is 2.19. The van der Waals surface area contributed by atoms with Crippen LogP contribution >= 0.6 is 0 Å². The van der Waals surface area contributed by atoms with Gasteiger partial charge in [-0.1, -0.05) is 13.8 Å². The number of hydrogen-bond acceptors (Lipinski definition) is 3. The number of hydrogen-bond donors (Lipinski definition) is 0. The predicted octanol–water partition coefficient (Wildman–Crippen LogP) is 2.95. The van der Waals surface area contributed by atoms with E-state index in [1.165, 1.54) is 6.07 Å². The van der Waals surface area contributed by atoms with Gasteiger partial charge in [-0.25, -0.2) is 4.39 Å². The second-order valence-corrected chi connectivity index (χ2v) is 5.26. The first kappa shape index (κ1) is 15.0. The number of piperazine rings is 1. The maximum absolute atomic E-state index is 14.2. The lowest BCUT2D eigenvalue weighted by atomic mass is 10.1. The number of Topliss-reactive ketones (excluding diaryl/α,β-unsaturated/α-hetero) is 1. The van der Waals surface area contributed by atoms with Gasteiger partial charge in [-0.3, -0.25) is 4.79 Å². The zero-order valence-electron chi connectivity index (χ0n) is 12.4. The van der Waals surface area contributed by atoms with Crippen LogP contribution in [0.15, 0.2) is 18.2 Å². The molecule has 2 rings (SSSR count). The first-order valence-electron chi connectivity index (χ1n) is 7.45. The van der Waals surface area contributed by atoms with Crippen LogP contribution in [-0.2, 0) is 0 Å². The first-order valence-corrected chi connectivity index (χ1v) is 7.45. The fourth-order valence-corrected chi connectivity index (χ4v) is 2.61. The molecule has 1 fully saturated rings. The highest BCUT2D eigenvalue weighted by Crippen LogP contribution is 2.22. The van der Waals surface area contributed by atoms with E-state index >= 15 is 0 Å². The number of rotatable bonds is 5. The van der Waals surface area contributed by atoms with Crippen LogP contribution in [0, 0.1) is 5.82 Å². The Morgan fingerprint density at radius 1 is 1.20 bits per heavy atom. The number of nitrogens with zero attached hydrogens (tertiary/aromatic N) is 2. The molecule has 3 nitrogen and oxygen atoms in total. The zero-order chi connectivity index (χ0) is 14.5. The first-order chi connectivity index (χ1) is 9.65. The van der Waals surface area contributed by atoms with Gasteiger partial charge in [0.25, 0.3) is 0 Å². The molecule has 0 atom stereocenters. The van der Waals surface area contributed by atoms with E-state index in [1.54, 1.807) is 12.1 Å². The van der Waals surface area contributed by atoms with Gasteiger partial charge in [0, 0.05) is 38.2 Å². The van der Waals surface area contributed by atoms with Crippen molar-refractivity contribution in [3.8, 4) is 0 Å². The predicted molar refractivity (Wildman–Crippen MR) is 80.0 cm³/mol. The second kappa shape index (κ2) is 6.84. The number of carbonyl (C=O) groups excluding carboxylic acids is 1. The molecule has 0 bridgehead atoms. The molecule has 1 aliphatic heterocycles. The normalized spacial score (nSPS) is 16.4. The third-order valence-electron chi connectivity index (χ3n) is 3.91. The Kier molecular flexibility index (Phi) is 5.12. The number of anilines is 1. The van der Waals surface area contributed by atoms with Crippen LogP contribution in [0.25, 0.3) is 0 Å². The molecule has 0 spiro atoms. The van der Waals surface area contributed by atoms with Crippen LogP contribution in [0.3, 0.4) is 0 Å². The van der Waals surface area contributed by atoms with Gasteiger partial charge in [0.1, 0.15) is 5.82 Å². The maximum atomic E-state index is 14.2. The monoisotopic (exact) mass is 278 g/mol. The lowest BCUT2D eigenvalue weighted by Crippen LogP contribution is -2.46. The molecule has 0 aliphatic carbocycles. The van der Waals surface area contributed by atoms with E-state index in [-0.39, 0.29) is 11.6 Å². The van der Waals surface area contributed by atoms with Crippen molar-refractivity contribution in [2.24, 2.45) is 0 Å². The van der Waals surface area contributed by atoms with Crippen molar-refractivity contribution in [1.29, 1.82) is 0 Å². The van der Waals surface area contributed by atoms with E-state index < -0.39 is 0 Å². The van der Waals surface area contributed by atoms with Gasteiger partial charge in [-0.05, 0) is 31.2 Å². The Hall–Kier alpha value is -1.42. The summed E-state index contributed by atoms with van der Waals surface area (Å²) in [5.74, 6) is -0.259. The Morgan fingerprint density at radius 3 is 2.45 bits per heavy atom. The highest BCUT2D eigenvalue weighted by molar-refractivity contribution is 5.96. The number of halogens is 1. The summed E-state index contributed by atoms with van der Waals surface area (Å²) in [5, 5.41) is 0. The van der Waals surface area contributed by atoms with Crippen molar-refractivity contribution in [3.63, 3.8) is 0 Å². The van der Waals surface area contributed by atoms with E-state index in [2.05, 4.69) is 16.7 Å². The Morgan fingerprint density at radius 2 is 1.90 bits per heavy atom. The van der Waals surface area contributed by atoms with Crippen LogP contribution in [0.4, 0.5) is 10.1 Å². The minimum absolute atomic E-state index is 0.0220. The summed E-state index contributed by atoms with van der Waals surface area (Å²) in [6, 6.07) is 4.89. The van der Waals surface area contributed by atoms with Gasteiger partial charge in [-0.15, -0.1) is 0 Å². The number of likely N-dealkylation sites (N-methyl/N-ethyl adjacent to an activating group) is 1. The average Bonchev–Trinajstić information content (AvgIpc) is 2.47. The average molecular weight is 278 g/mol. The molecule has 1 aromatic rings. The number of benzene rings is 1. The van der Waals surface area contributed by atoms with Crippen molar-refractivity contribution < 1.29 is 9.18 Å². The molecule has 0 radical (unpaired) electrons. The van der Waals surface area contributed by atoms with Crippen molar-refractivity contribution in [3.05, 3.63) is 29.6 Å². The van der Waals surface area contributed by atoms with Crippen molar-refractivity contribution in [2.75, 3.05) is 37.6 Å². The molecule has 0 unspecified atom stereocenters. The summed E-state index contributed by atoms with van der Waals surface area (Å²) < 4.78 is 14.2. The van der Waals surface area contributed by atoms with E-state index in [4.69, 9.17) is 0 Å². The molecule has 1 aliphatic rings. The van der Waals surface area contributed by atoms with Gasteiger partial charge in [0.15, 0.2) is 5.78 Å². The summed E-state index contributed by atoms with van der Waals surface area (Å²) in [4.78, 5) is 16.2. The maximum Gasteiger partial charge on any atom is 0.162 e. The van der Waals surface area contributed by atoms with Crippen LogP contribution in [0.5, 0.6) is 0 Å². The molecule has 4 heteroatoms. The molecule has 110 valence electrons. The lowest BCUT2D eigenvalue weighted by molar-refractivity contribution is 0.0981. The van der Waals surface area contributed by atoms with Gasteiger partial charge >= 0.3 is 0 Å². The third kappa shape index (κ3) is 3.37. The number of ketones is 1.